The lowest BCUT2D eigenvalue weighted by molar-refractivity contribution is 0.252. The number of likely N-dealkylation sites (tertiary alicyclic amines) is 1. The first kappa shape index (κ1) is 22.6. The van der Waals surface area contributed by atoms with Crippen molar-refractivity contribution in [2.45, 2.75) is 45.6 Å². The van der Waals surface area contributed by atoms with Crippen molar-refractivity contribution in [2.75, 3.05) is 28.7 Å². The van der Waals surface area contributed by atoms with Gasteiger partial charge in [-0.15, -0.1) is 11.3 Å². The number of primary amides is 1. The number of likely N-dealkylation sites (N-methyl/N-ethyl adjacent to an activating group) is 1. The number of thiophene rings is 1. The van der Waals surface area contributed by atoms with E-state index in [0.717, 1.165) is 27.7 Å². The molecule has 0 radical (unpaired) electrons. The topological polar surface area (TPSA) is 105 Å². The molecule has 0 bridgehead atoms. The molecule has 3 rings (SSSR count). The molecule has 2 aromatic rings. The number of rotatable bonds is 7. The third kappa shape index (κ3) is 4.19. The number of hydrogen-bond acceptors (Lipinski definition) is 6. The molecule has 11 heteroatoms. The predicted molar refractivity (Wildman–Crippen MR) is 120 cm³/mol. The fraction of sp³-hybridized carbons (Fsp3) is 0.579. The average Bonchev–Trinajstić information content (AvgIpc) is 3.27. The van der Waals surface area contributed by atoms with Gasteiger partial charge in [-0.05, 0) is 50.2 Å². The van der Waals surface area contributed by atoms with E-state index in [2.05, 4.69) is 10.00 Å². The minimum Gasteiger partial charge on any atom is -0.350 e. The summed E-state index contributed by atoms with van der Waals surface area (Å²) in [4.78, 5) is 15.5. The van der Waals surface area contributed by atoms with Gasteiger partial charge in [0, 0.05) is 24.7 Å². The Morgan fingerprint density at radius 3 is 2.60 bits per heavy atom. The molecule has 0 aliphatic carbocycles. The van der Waals surface area contributed by atoms with Crippen LogP contribution in [-0.2, 0) is 30.1 Å². The van der Waals surface area contributed by atoms with Crippen LogP contribution in [0.1, 0.15) is 37.1 Å². The number of amides is 2. The number of aryl methyl sites for hydroxylation is 3. The molecule has 2 N–H and O–H groups in total. The van der Waals surface area contributed by atoms with Crippen LogP contribution in [0.3, 0.4) is 0 Å². The highest BCUT2D eigenvalue weighted by Gasteiger charge is 2.41. The maximum absolute atomic E-state index is 14.0. The summed E-state index contributed by atoms with van der Waals surface area (Å²) >= 11 is 1.45. The first-order valence-corrected chi connectivity index (χ1v) is 12.4. The van der Waals surface area contributed by atoms with Crippen molar-refractivity contribution < 1.29 is 13.2 Å². The Bertz CT molecular complexity index is 978. The number of piperidine rings is 1. The number of aromatic nitrogens is 2. The van der Waals surface area contributed by atoms with E-state index in [1.54, 1.807) is 17.9 Å². The Kier molecular flexibility index (Phi) is 6.73. The third-order valence-electron chi connectivity index (χ3n) is 5.37. The molecule has 1 atom stereocenters. The van der Waals surface area contributed by atoms with Crippen LogP contribution in [0, 0.1) is 0 Å². The summed E-state index contributed by atoms with van der Waals surface area (Å²) < 4.78 is 31.7. The molecule has 0 saturated carbocycles. The fourth-order valence-electron chi connectivity index (χ4n) is 3.99. The SMILES string of the molecule is CCc1csc(CC)c1N(C(N)=O)S(=O)(=O)N(c1cnn(C)c1)C1CCCN(C)C1. The summed E-state index contributed by atoms with van der Waals surface area (Å²) in [6.07, 6.45) is 5.93. The molecule has 1 aliphatic rings. The van der Waals surface area contributed by atoms with Crippen molar-refractivity contribution in [3.8, 4) is 0 Å². The van der Waals surface area contributed by atoms with Crippen LogP contribution in [0.2, 0.25) is 0 Å². The molecule has 0 aromatic carbocycles. The molecule has 3 heterocycles. The van der Waals surface area contributed by atoms with Crippen LogP contribution in [0.4, 0.5) is 16.2 Å². The molecular formula is C19H30N6O3S2. The zero-order valence-electron chi connectivity index (χ0n) is 17.9. The van der Waals surface area contributed by atoms with Gasteiger partial charge in [0.15, 0.2) is 0 Å². The van der Waals surface area contributed by atoms with Crippen LogP contribution in [0.15, 0.2) is 17.8 Å². The number of nitrogens with zero attached hydrogens (tertiary/aromatic N) is 5. The van der Waals surface area contributed by atoms with Gasteiger partial charge in [-0.1, -0.05) is 13.8 Å². The van der Waals surface area contributed by atoms with Gasteiger partial charge in [0.1, 0.15) is 0 Å². The fourth-order valence-corrected chi connectivity index (χ4v) is 6.88. The van der Waals surface area contributed by atoms with Gasteiger partial charge in [-0.25, -0.2) is 9.10 Å². The number of hydrogen-bond donors (Lipinski definition) is 1. The maximum Gasteiger partial charge on any atom is 0.334 e. The van der Waals surface area contributed by atoms with Crippen molar-refractivity contribution in [3.05, 3.63) is 28.2 Å². The van der Waals surface area contributed by atoms with Crippen molar-refractivity contribution in [1.29, 1.82) is 0 Å². The lowest BCUT2D eigenvalue weighted by Gasteiger charge is -2.39. The highest BCUT2D eigenvalue weighted by molar-refractivity contribution is 7.95. The van der Waals surface area contributed by atoms with Crippen molar-refractivity contribution >= 4 is 39.0 Å². The van der Waals surface area contributed by atoms with Crippen LogP contribution in [0.5, 0.6) is 0 Å². The van der Waals surface area contributed by atoms with Crippen LogP contribution < -0.4 is 14.3 Å². The number of carbonyl (C=O) groups is 1. The van der Waals surface area contributed by atoms with Gasteiger partial charge in [0.25, 0.3) is 0 Å². The maximum atomic E-state index is 14.0. The minimum atomic E-state index is -4.29. The van der Waals surface area contributed by atoms with E-state index in [9.17, 15) is 13.2 Å². The van der Waals surface area contributed by atoms with Gasteiger partial charge in [0.2, 0.25) is 0 Å². The highest BCUT2D eigenvalue weighted by atomic mass is 32.2. The van der Waals surface area contributed by atoms with Gasteiger partial charge in [-0.3, -0.25) is 4.68 Å². The number of carbonyl (C=O) groups excluding carboxylic acids is 1. The van der Waals surface area contributed by atoms with Crippen LogP contribution in [0.25, 0.3) is 0 Å². The van der Waals surface area contributed by atoms with E-state index in [4.69, 9.17) is 5.73 Å². The van der Waals surface area contributed by atoms with Gasteiger partial charge >= 0.3 is 16.2 Å². The average molecular weight is 455 g/mol. The minimum absolute atomic E-state index is 0.325. The summed E-state index contributed by atoms with van der Waals surface area (Å²) in [5.74, 6) is 0. The summed E-state index contributed by atoms with van der Waals surface area (Å²) in [7, 11) is -0.594. The first-order chi connectivity index (χ1) is 14.2. The zero-order valence-corrected chi connectivity index (χ0v) is 19.5. The molecule has 166 valence electrons. The zero-order chi connectivity index (χ0) is 22.1. The Balaban J connectivity index is 2.17. The van der Waals surface area contributed by atoms with E-state index in [-0.39, 0.29) is 6.04 Å². The predicted octanol–water partition coefficient (Wildman–Crippen LogP) is 2.34. The van der Waals surface area contributed by atoms with Crippen LogP contribution in [-0.4, -0.2) is 55.3 Å². The van der Waals surface area contributed by atoms with Gasteiger partial charge in [-0.2, -0.15) is 17.8 Å². The molecular weight excluding hydrogens is 424 g/mol. The molecule has 2 amide bonds. The molecule has 1 saturated heterocycles. The van der Waals surface area contributed by atoms with E-state index >= 15 is 0 Å². The third-order valence-corrected chi connectivity index (χ3v) is 8.37. The highest BCUT2D eigenvalue weighted by Crippen LogP contribution is 2.37. The lowest BCUT2D eigenvalue weighted by Crippen LogP contribution is -2.56. The molecule has 2 aromatic heterocycles. The Morgan fingerprint density at radius 1 is 1.33 bits per heavy atom. The monoisotopic (exact) mass is 454 g/mol. The van der Waals surface area contributed by atoms with Crippen molar-refractivity contribution in [2.24, 2.45) is 12.8 Å². The smallest absolute Gasteiger partial charge is 0.334 e. The normalized spacial score (nSPS) is 17.8. The lowest BCUT2D eigenvalue weighted by atomic mass is 10.1. The second-order valence-corrected chi connectivity index (χ2v) is 10.2. The number of anilines is 2. The van der Waals surface area contributed by atoms with Crippen molar-refractivity contribution in [3.63, 3.8) is 0 Å². The van der Waals surface area contributed by atoms with Gasteiger partial charge in [0.05, 0.1) is 23.6 Å². The Hall–Kier alpha value is -2.11. The summed E-state index contributed by atoms with van der Waals surface area (Å²) in [5.41, 5.74) is 7.32. The Morgan fingerprint density at radius 2 is 2.07 bits per heavy atom. The first-order valence-electron chi connectivity index (χ1n) is 10.1. The molecule has 9 nitrogen and oxygen atoms in total. The standard InChI is InChI=1S/C19H30N6O3S2/c1-5-14-13-29-17(6-2)18(14)25(19(20)26)30(27,28)24(16-10-21-23(4)12-16)15-8-7-9-22(3)11-15/h10,12-13,15H,5-9,11H2,1-4H3,(H2,20,26). The number of urea groups is 1. The second-order valence-electron chi connectivity index (χ2n) is 7.58. The molecule has 30 heavy (non-hydrogen) atoms. The molecule has 1 fully saturated rings. The molecule has 1 unspecified atom stereocenters. The molecule has 1 aliphatic heterocycles. The van der Waals surface area contributed by atoms with Crippen LogP contribution >= 0.6 is 11.3 Å². The Labute approximate surface area is 182 Å². The van der Waals surface area contributed by atoms with Crippen molar-refractivity contribution in [1.82, 2.24) is 14.7 Å². The largest absolute Gasteiger partial charge is 0.350 e. The summed E-state index contributed by atoms with van der Waals surface area (Å²) in [6, 6.07) is -1.33. The summed E-state index contributed by atoms with van der Waals surface area (Å²) in [5, 5.41) is 6.07. The molecule has 0 spiro atoms. The summed E-state index contributed by atoms with van der Waals surface area (Å²) in [6.45, 7) is 5.34. The second kappa shape index (κ2) is 8.94. The van der Waals surface area contributed by atoms with E-state index in [1.807, 2.05) is 26.3 Å². The van der Waals surface area contributed by atoms with E-state index in [0.29, 0.717) is 37.2 Å². The van der Waals surface area contributed by atoms with Gasteiger partial charge < -0.3 is 10.6 Å². The quantitative estimate of drug-likeness (QED) is 0.691. The van der Waals surface area contributed by atoms with E-state index < -0.39 is 16.2 Å². The number of nitrogens with two attached hydrogens (primary N) is 1. The van der Waals surface area contributed by atoms with E-state index in [1.165, 1.54) is 21.8 Å².